The number of anilines is 1. The molecule has 0 spiro atoms. The Kier molecular flexibility index (Phi) is 6.41. The Labute approximate surface area is 140 Å². The maximum Gasteiger partial charge on any atom is 0.242 e. The fraction of sp³-hybridized carbons (Fsp3) is 0.706. The Bertz CT molecular complexity index is 582. The summed E-state index contributed by atoms with van der Waals surface area (Å²) < 4.78 is 27.5. The third-order valence-corrected chi connectivity index (χ3v) is 6.18. The van der Waals surface area contributed by atoms with Crippen molar-refractivity contribution in [2.45, 2.75) is 63.8 Å². The van der Waals surface area contributed by atoms with Crippen molar-refractivity contribution in [2.75, 3.05) is 18.0 Å². The van der Waals surface area contributed by atoms with Crippen LogP contribution in [0.1, 0.15) is 52.9 Å². The van der Waals surface area contributed by atoms with E-state index < -0.39 is 10.0 Å². The molecule has 6 heteroatoms. The van der Waals surface area contributed by atoms with Gasteiger partial charge in [-0.3, -0.25) is 0 Å². The normalized spacial score (nSPS) is 19.8. The van der Waals surface area contributed by atoms with E-state index in [9.17, 15) is 8.42 Å². The number of nitrogens with zero attached hydrogens (tertiary/aromatic N) is 2. The molecule has 0 saturated carbocycles. The minimum absolute atomic E-state index is 0.0215. The monoisotopic (exact) mass is 339 g/mol. The average molecular weight is 340 g/mol. The van der Waals surface area contributed by atoms with Gasteiger partial charge in [0, 0.05) is 25.3 Å². The first-order valence-electron chi connectivity index (χ1n) is 8.69. The van der Waals surface area contributed by atoms with Crippen molar-refractivity contribution in [3.05, 3.63) is 18.3 Å². The molecule has 1 aliphatic heterocycles. The average Bonchev–Trinajstić information content (AvgIpc) is 2.77. The number of aromatic nitrogens is 1. The second kappa shape index (κ2) is 8.11. The zero-order valence-electron chi connectivity index (χ0n) is 14.5. The molecule has 1 atom stereocenters. The smallest absolute Gasteiger partial charge is 0.242 e. The van der Waals surface area contributed by atoms with Gasteiger partial charge in [0.15, 0.2) is 0 Å². The molecule has 1 saturated heterocycles. The third-order valence-electron chi connectivity index (χ3n) is 4.68. The molecule has 1 N–H and O–H groups in total. The van der Waals surface area contributed by atoms with Crippen molar-refractivity contribution in [3.63, 3.8) is 0 Å². The van der Waals surface area contributed by atoms with Gasteiger partial charge in [-0.15, -0.1) is 0 Å². The molecule has 0 aromatic carbocycles. The lowest BCUT2D eigenvalue weighted by molar-refractivity contribution is 0.521. The molecular weight excluding hydrogens is 310 g/mol. The first-order valence-corrected chi connectivity index (χ1v) is 10.2. The zero-order chi connectivity index (χ0) is 16.9. The van der Waals surface area contributed by atoms with Crippen molar-refractivity contribution in [1.29, 1.82) is 0 Å². The summed E-state index contributed by atoms with van der Waals surface area (Å²) in [6.45, 7) is 8.24. The van der Waals surface area contributed by atoms with Gasteiger partial charge >= 0.3 is 0 Å². The maximum atomic E-state index is 12.4. The van der Waals surface area contributed by atoms with E-state index in [4.69, 9.17) is 0 Å². The molecule has 0 amide bonds. The summed E-state index contributed by atoms with van der Waals surface area (Å²) in [5.41, 5.74) is 0. The van der Waals surface area contributed by atoms with Crippen molar-refractivity contribution < 1.29 is 8.42 Å². The maximum absolute atomic E-state index is 12.4. The molecule has 0 radical (unpaired) electrons. The summed E-state index contributed by atoms with van der Waals surface area (Å²) in [6, 6.07) is 3.48. The van der Waals surface area contributed by atoms with Crippen LogP contribution in [0.2, 0.25) is 0 Å². The van der Waals surface area contributed by atoms with Crippen LogP contribution in [-0.4, -0.2) is 32.5 Å². The van der Waals surface area contributed by atoms with Gasteiger partial charge in [-0.2, -0.15) is 0 Å². The molecule has 130 valence electrons. The van der Waals surface area contributed by atoms with Gasteiger partial charge in [-0.25, -0.2) is 18.1 Å². The Balaban J connectivity index is 2.09. The molecule has 2 heterocycles. The van der Waals surface area contributed by atoms with Crippen molar-refractivity contribution in [3.8, 4) is 0 Å². The van der Waals surface area contributed by atoms with Crippen LogP contribution < -0.4 is 9.62 Å². The third kappa shape index (κ3) is 4.91. The Morgan fingerprint density at radius 2 is 2.00 bits per heavy atom. The Hall–Kier alpha value is -1.14. The van der Waals surface area contributed by atoms with E-state index in [-0.39, 0.29) is 10.9 Å². The van der Waals surface area contributed by atoms with E-state index in [2.05, 4.69) is 21.5 Å². The summed E-state index contributed by atoms with van der Waals surface area (Å²) in [6.07, 6.45) is 6.63. The summed E-state index contributed by atoms with van der Waals surface area (Å²) >= 11 is 0. The van der Waals surface area contributed by atoms with Crippen molar-refractivity contribution >= 4 is 15.8 Å². The van der Waals surface area contributed by atoms with Crippen LogP contribution in [0.15, 0.2) is 23.2 Å². The molecule has 0 aliphatic carbocycles. The van der Waals surface area contributed by atoms with Crippen LogP contribution in [0.25, 0.3) is 0 Å². The van der Waals surface area contributed by atoms with Crippen LogP contribution in [-0.2, 0) is 10.0 Å². The molecule has 1 aliphatic rings. The SMILES string of the molecule is CCC(CC)NS(=O)(=O)c1ccc(N2CCC[C@@H](C)CC2)nc1. The molecule has 0 unspecified atom stereocenters. The van der Waals surface area contributed by atoms with E-state index in [1.54, 1.807) is 6.07 Å². The van der Waals surface area contributed by atoms with Crippen LogP contribution in [0, 0.1) is 5.92 Å². The lowest BCUT2D eigenvalue weighted by Gasteiger charge is -2.22. The first kappa shape index (κ1) is 18.2. The molecule has 1 aromatic heterocycles. The Morgan fingerprint density at radius 3 is 2.61 bits per heavy atom. The highest BCUT2D eigenvalue weighted by Crippen LogP contribution is 2.22. The Morgan fingerprint density at radius 1 is 1.26 bits per heavy atom. The lowest BCUT2D eigenvalue weighted by Crippen LogP contribution is -2.34. The molecule has 23 heavy (non-hydrogen) atoms. The minimum atomic E-state index is -3.48. The fourth-order valence-corrected chi connectivity index (χ4v) is 4.30. The highest BCUT2D eigenvalue weighted by atomic mass is 32.2. The lowest BCUT2D eigenvalue weighted by atomic mass is 10.0. The van der Waals surface area contributed by atoms with Crippen LogP contribution in [0.3, 0.4) is 0 Å². The molecular formula is C17H29N3O2S. The number of rotatable bonds is 6. The fourth-order valence-electron chi connectivity index (χ4n) is 2.95. The number of pyridine rings is 1. The summed E-state index contributed by atoms with van der Waals surface area (Å²) in [4.78, 5) is 6.91. The highest BCUT2D eigenvalue weighted by Gasteiger charge is 2.20. The summed E-state index contributed by atoms with van der Waals surface area (Å²) in [5, 5.41) is 0. The predicted octanol–water partition coefficient (Wildman–Crippen LogP) is 3.17. The van der Waals surface area contributed by atoms with Gasteiger partial charge in [0.05, 0.1) is 0 Å². The summed E-state index contributed by atoms with van der Waals surface area (Å²) in [7, 11) is -3.48. The molecule has 1 aromatic rings. The number of hydrogen-bond donors (Lipinski definition) is 1. The number of sulfonamides is 1. The van der Waals surface area contributed by atoms with Gasteiger partial charge in [0.1, 0.15) is 10.7 Å². The van der Waals surface area contributed by atoms with Gasteiger partial charge < -0.3 is 4.90 Å². The highest BCUT2D eigenvalue weighted by molar-refractivity contribution is 7.89. The minimum Gasteiger partial charge on any atom is -0.357 e. The molecule has 0 bridgehead atoms. The van der Waals surface area contributed by atoms with Crippen molar-refractivity contribution in [2.24, 2.45) is 5.92 Å². The van der Waals surface area contributed by atoms with Crippen LogP contribution >= 0.6 is 0 Å². The van der Waals surface area contributed by atoms with E-state index >= 15 is 0 Å². The second-order valence-electron chi connectivity index (χ2n) is 6.51. The van der Waals surface area contributed by atoms with Gasteiger partial charge in [-0.05, 0) is 50.2 Å². The van der Waals surface area contributed by atoms with E-state index in [1.807, 2.05) is 19.9 Å². The predicted molar refractivity (Wildman–Crippen MR) is 94.2 cm³/mol. The molecule has 2 rings (SSSR count). The van der Waals surface area contributed by atoms with Gasteiger partial charge in [0.25, 0.3) is 0 Å². The zero-order valence-corrected chi connectivity index (χ0v) is 15.3. The largest absolute Gasteiger partial charge is 0.357 e. The van der Waals surface area contributed by atoms with Gasteiger partial charge in [0.2, 0.25) is 10.0 Å². The molecule has 5 nitrogen and oxygen atoms in total. The molecule has 1 fully saturated rings. The van der Waals surface area contributed by atoms with E-state index in [0.717, 1.165) is 44.1 Å². The van der Waals surface area contributed by atoms with Gasteiger partial charge in [-0.1, -0.05) is 20.8 Å². The van der Waals surface area contributed by atoms with Crippen LogP contribution in [0.4, 0.5) is 5.82 Å². The number of nitrogens with one attached hydrogen (secondary N) is 1. The van der Waals surface area contributed by atoms with Crippen LogP contribution in [0.5, 0.6) is 0 Å². The quantitative estimate of drug-likeness (QED) is 0.865. The number of hydrogen-bond acceptors (Lipinski definition) is 4. The van der Waals surface area contributed by atoms with E-state index in [1.165, 1.54) is 19.0 Å². The first-order chi connectivity index (χ1) is 11.0. The summed E-state index contributed by atoms with van der Waals surface area (Å²) in [5.74, 6) is 1.63. The topological polar surface area (TPSA) is 62.3 Å². The standard InChI is InChI=1S/C17H29N3O2S/c1-4-15(5-2)19-23(21,22)16-8-9-17(18-13-16)20-11-6-7-14(3)10-12-20/h8-9,13-15,19H,4-7,10-12H2,1-3H3/t14-/m1/s1. The van der Waals surface area contributed by atoms with E-state index in [0.29, 0.717) is 0 Å². The van der Waals surface area contributed by atoms with Crippen molar-refractivity contribution in [1.82, 2.24) is 9.71 Å². The second-order valence-corrected chi connectivity index (χ2v) is 8.22.